The molecule has 1 unspecified atom stereocenters. The third-order valence-corrected chi connectivity index (χ3v) is 3.89. The predicted octanol–water partition coefficient (Wildman–Crippen LogP) is 0.0195. The zero-order valence-electron chi connectivity index (χ0n) is 12.0. The number of rotatable bonds is 3. The number of benzene rings is 1. The van der Waals surface area contributed by atoms with Crippen molar-refractivity contribution < 1.29 is 23.7 Å². The molecular formula is C13H14N4O5P+. The van der Waals surface area contributed by atoms with Gasteiger partial charge in [0, 0.05) is 25.2 Å². The Morgan fingerprint density at radius 1 is 1.43 bits per heavy atom. The lowest BCUT2D eigenvalue weighted by atomic mass is 10.2. The Morgan fingerprint density at radius 3 is 2.91 bits per heavy atom. The minimum atomic E-state index is -0.509. The minimum Gasteiger partial charge on any atom is -0.383 e. The molecule has 0 radical (unpaired) electrons. The van der Waals surface area contributed by atoms with Crippen molar-refractivity contribution in [3.05, 3.63) is 33.9 Å². The average Bonchev–Trinajstić information content (AvgIpc) is 2.74. The lowest BCUT2D eigenvalue weighted by Crippen LogP contribution is -2.84. The van der Waals surface area contributed by atoms with Crippen molar-refractivity contribution in [2.75, 3.05) is 26.3 Å². The largest absolute Gasteiger partial charge is 0.397 e. The van der Waals surface area contributed by atoms with Crippen LogP contribution >= 0.6 is 8.69 Å². The van der Waals surface area contributed by atoms with E-state index < -0.39 is 19.8 Å². The molecule has 1 N–H and O–H groups in total. The van der Waals surface area contributed by atoms with Gasteiger partial charge in [0.05, 0.1) is 29.4 Å². The van der Waals surface area contributed by atoms with Crippen LogP contribution in [-0.2, 0) is 13.8 Å². The van der Waals surface area contributed by atoms with Gasteiger partial charge < -0.3 is 9.26 Å². The van der Waals surface area contributed by atoms with Crippen molar-refractivity contribution >= 4 is 32.2 Å². The highest BCUT2D eigenvalue weighted by molar-refractivity contribution is 7.18. The monoisotopic (exact) mass is 337 g/mol. The molecule has 1 aromatic rings. The number of hydrogen-bond donors (Lipinski definition) is 1. The normalized spacial score (nSPS) is 21.4. The van der Waals surface area contributed by atoms with E-state index in [4.69, 9.17) is 9.26 Å². The topological polar surface area (TPSA) is 108 Å². The number of nitro groups is 1. The highest BCUT2D eigenvalue weighted by atomic mass is 31.1. The molecule has 0 amide bonds. The predicted molar refractivity (Wildman–Crippen MR) is 81.2 cm³/mol. The third-order valence-electron chi connectivity index (χ3n) is 3.62. The highest BCUT2D eigenvalue weighted by Gasteiger charge is 2.33. The highest BCUT2D eigenvalue weighted by Crippen LogP contribution is 2.25. The number of hydrogen-bond acceptors (Lipinski definition) is 7. The number of nitrogens with one attached hydrogen (secondary N) is 1. The Kier molecular flexibility index (Phi) is 4.71. The summed E-state index contributed by atoms with van der Waals surface area (Å²) in [5.74, 6) is 0.243. The molecule has 9 nitrogen and oxygen atoms in total. The van der Waals surface area contributed by atoms with E-state index in [2.05, 4.69) is 9.98 Å². The molecule has 120 valence electrons. The van der Waals surface area contributed by atoms with E-state index in [-0.39, 0.29) is 11.6 Å². The van der Waals surface area contributed by atoms with Crippen molar-refractivity contribution in [2.24, 2.45) is 4.99 Å². The second-order valence-corrected chi connectivity index (χ2v) is 5.31. The zero-order valence-corrected chi connectivity index (χ0v) is 12.9. The summed E-state index contributed by atoms with van der Waals surface area (Å²) >= 11 is 0. The summed E-state index contributed by atoms with van der Waals surface area (Å²) in [4.78, 5) is 20.0. The lowest BCUT2D eigenvalue weighted by Gasteiger charge is -2.27. The first kappa shape index (κ1) is 15.7. The van der Waals surface area contributed by atoms with Gasteiger partial charge >= 0.3 is 8.69 Å². The van der Waals surface area contributed by atoms with Crippen LogP contribution in [0.5, 0.6) is 0 Å². The van der Waals surface area contributed by atoms with Gasteiger partial charge in [-0.3, -0.25) is 10.1 Å². The van der Waals surface area contributed by atoms with Gasteiger partial charge in [-0.25, -0.2) is 19.4 Å². The summed E-state index contributed by atoms with van der Waals surface area (Å²) in [6.07, 6.45) is 1.25. The summed E-state index contributed by atoms with van der Waals surface area (Å²) in [6, 6.07) is 4.34. The van der Waals surface area contributed by atoms with E-state index in [0.717, 1.165) is 0 Å². The smallest absolute Gasteiger partial charge is 0.383 e. The van der Waals surface area contributed by atoms with Crippen LogP contribution in [0.15, 0.2) is 23.2 Å². The fraction of sp³-hybridized carbons (Fsp3) is 0.385. The molecule has 0 saturated carbocycles. The van der Waals surface area contributed by atoms with Gasteiger partial charge in [-0.1, -0.05) is 0 Å². The molecule has 0 bridgehead atoms. The maximum atomic E-state index is 10.9. The first-order valence-corrected chi connectivity index (χ1v) is 7.70. The zero-order chi connectivity index (χ0) is 16.2. The summed E-state index contributed by atoms with van der Waals surface area (Å²) in [6.45, 7) is 2.50. The second-order valence-electron chi connectivity index (χ2n) is 4.98. The Hall–Kier alpha value is -2.22. The molecule has 10 heteroatoms. The quantitative estimate of drug-likeness (QED) is 0.473. The number of fused-ring (bicyclic) bond motifs is 1. The molecule has 2 aliphatic rings. The molecule has 0 aromatic heterocycles. The maximum Gasteiger partial charge on any atom is 0.397 e. The number of nitrogens with zero attached hydrogens (tertiary/aromatic N) is 3. The molecule has 1 saturated heterocycles. The summed E-state index contributed by atoms with van der Waals surface area (Å²) in [7, 11) is -0.509. The standard InChI is InChI=1S/C13H13N4O5P/c18-17(19)10-1-2-11-9(7-10)8-14-12(13(15-11)22-23-20)16-3-5-21-6-4-16/h1-2,7-8,12H,3-6H2/p+1. The van der Waals surface area contributed by atoms with Gasteiger partial charge in [0.2, 0.25) is 0 Å². The molecule has 1 fully saturated rings. The van der Waals surface area contributed by atoms with Gasteiger partial charge in [-0.2, -0.15) is 0 Å². The average molecular weight is 337 g/mol. The molecule has 0 spiro atoms. The van der Waals surface area contributed by atoms with Gasteiger partial charge in [0.15, 0.2) is 6.21 Å². The maximum absolute atomic E-state index is 10.9. The van der Waals surface area contributed by atoms with Crippen LogP contribution in [0.2, 0.25) is 0 Å². The van der Waals surface area contributed by atoms with Crippen LogP contribution in [0.3, 0.4) is 0 Å². The van der Waals surface area contributed by atoms with Gasteiger partial charge in [-0.15, -0.1) is 0 Å². The molecule has 1 atom stereocenters. The van der Waals surface area contributed by atoms with Gasteiger partial charge in [0.1, 0.15) is 0 Å². The van der Waals surface area contributed by atoms with Crippen LogP contribution in [0, 0.1) is 10.1 Å². The van der Waals surface area contributed by atoms with E-state index in [1.807, 2.05) is 4.90 Å². The summed E-state index contributed by atoms with van der Waals surface area (Å²) in [5.41, 5.74) is 1.06. The van der Waals surface area contributed by atoms with Crippen molar-refractivity contribution in [1.82, 2.24) is 4.90 Å². The number of aliphatic imine (C=N–C) groups is 1. The molecule has 2 aliphatic heterocycles. The first-order chi connectivity index (χ1) is 11.2. The van der Waals surface area contributed by atoms with Crippen molar-refractivity contribution in [3.63, 3.8) is 0 Å². The van der Waals surface area contributed by atoms with Crippen LogP contribution in [0.1, 0.15) is 5.56 Å². The number of non-ortho nitro benzene ring substituents is 1. The minimum absolute atomic E-state index is 0.0220. The molecule has 3 rings (SSSR count). The second kappa shape index (κ2) is 6.91. The number of ether oxygens (including phenoxy) is 1. The van der Waals surface area contributed by atoms with E-state index in [1.54, 1.807) is 12.3 Å². The first-order valence-electron chi connectivity index (χ1n) is 6.97. The lowest BCUT2D eigenvalue weighted by molar-refractivity contribution is -0.509. The van der Waals surface area contributed by atoms with E-state index in [1.165, 1.54) is 12.1 Å². The fourth-order valence-electron chi connectivity index (χ4n) is 2.50. The number of morpholine rings is 1. The van der Waals surface area contributed by atoms with Gasteiger partial charge in [-0.05, 0) is 6.07 Å². The Balaban J connectivity index is 1.98. The van der Waals surface area contributed by atoms with Crippen LogP contribution in [0.4, 0.5) is 11.4 Å². The van der Waals surface area contributed by atoms with Crippen LogP contribution < -0.4 is 4.99 Å². The molecule has 1 aromatic carbocycles. The summed E-state index contributed by atoms with van der Waals surface area (Å²) in [5, 5.41) is 10.9. The Bertz CT molecular complexity index is 687. The van der Waals surface area contributed by atoms with Crippen LogP contribution in [-0.4, -0.2) is 54.4 Å². The van der Waals surface area contributed by atoms with E-state index >= 15 is 0 Å². The molecular weight excluding hydrogens is 323 g/mol. The fourth-order valence-corrected chi connectivity index (χ4v) is 2.72. The van der Waals surface area contributed by atoms with Crippen molar-refractivity contribution in [1.29, 1.82) is 0 Å². The van der Waals surface area contributed by atoms with E-state index in [0.29, 0.717) is 37.6 Å². The van der Waals surface area contributed by atoms with Crippen LogP contribution in [0.25, 0.3) is 0 Å². The molecule has 23 heavy (non-hydrogen) atoms. The van der Waals surface area contributed by atoms with Crippen molar-refractivity contribution in [2.45, 2.75) is 6.17 Å². The summed E-state index contributed by atoms with van der Waals surface area (Å²) < 4.78 is 21.3. The third kappa shape index (κ3) is 3.42. The van der Waals surface area contributed by atoms with Gasteiger partial charge in [0.25, 0.3) is 17.8 Å². The Morgan fingerprint density at radius 2 is 2.22 bits per heavy atom. The van der Waals surface area contributed by atoms with Crippen molar-refractivity contribution in [3.8, 4) is 0 Å². The van der Waals surface area contributed by atoms with E-state index in [9.17, 15) is 14.7 Å². The SMILES string of the molecule is O=POC1=Nc2ccc([N+](=O)[O-])cc2C=[NH+]C1N1CCOCC1. The molecule has 2 heterocycles. The number of nitro benzene ring substituents is 1. The Labute approximate surface area is 133 Å². The molecule has 0 aliphatic carbocycles.